The Hall–Kier alpha value is -3.08. The molecule has 0 unspecified atom stereocenters. The number of rotatable bonds is 3. The van der Waals surface area contributed by atoms with Crippen LogP contribution >= 0.6 is 0 Å². The third-order valence-electron chi connectivity index (χ3n) is 3.87. The lowest BCUT2D eigenvalue weighted by Gasteiger charge is -2.09. The van der Waals surface area contributed by atoms with Gasteiger partial charge >= 0.3 is 0 Å². The molecule has 1 aliphatic rings. The van der Waals surface area contributed by atoms with Crippen LogP contribution in [0.3, 0.4) is 0 Å². The molecule has 1 amide bonds. The zero-order chi connectivity index (χ0) is 17.5. The second kappa shape index (κ2) is 8.15. The van der Waals surface area contributed by atoms with Crippen LogP contribution in [0.25, 0.3) is 11.3 Å². The molecular formula is C20H22N4O. The molecule has 25 heavy (non-hydrogen) atoms. The molecule has 3 aromatic rings. The van der Waals surface area contributed by atoms with Gasteiger partial charge in [-0.1, -0.05) is 12.1 Å². The maximum absolute atomic E-state index is 11.8. The summed E-state index contributed by atoms with van der Waals surface area (Å²) in [5.74, 6) is 0.329. The predicted molar refractivity (Wildman–Crippen MR) is 99.9 cm³/mol. The average molecular weight is 334 g/mol. The molecule has 1 aliphatic carbocycles. The smallest absolute Gasteiger partial charge is 0.227 e. The van der Waals surface area contributed by atoms with E-state index in [2.05, 4.69) is 20.5 Å². The molecule has 128 valence electrons. The number of amides is 1. The first kappa shape index (κ1) is 16.8. The standard InChI is InChI=1S/C15H15N3O.C5H5N.H2/c1-10-4-7-12(17-15(19)11-5-6-11)9-13(10)14-3-2-8-16-18-14;1-2-4-6-5-3-1;/h2-4,7-9,11H,5-6H2,1H3,(H,17,19);1-5H;1H. The number of aryl methyl sites for hydroxylation is 1. The molecule has 0 spiro atoms. The zero-order valence-corrected chi connectivity index (χ0v) is 14.1. The van der Waals surface area contributed by atoms with Gasteiger partial charge in [0.2, 0.25) is 5.91 Å². The lowest BCUT2D eigenvalue weighted by Crippen LogP contribution is -2.13. The Morgan fingerprint density at radius 1 is 1.08 bits per heavy atom. The largest absolute Gasteiger partial charge is 0.326 e. The van der Waals surface area contributed by atoms with Crippen molar-refractivity contribution in [3.8, 4) is 11.3 Å². The normalized spacial score (nSPS) is 12.7. The van der Waals surface area contributed by atoms with Gasteiger partial charge in [-0.15, -0.1) is 0 Å². The van der Waals surface area contributed by atoms with E-state index in [0.717, 1.165) is 35.3 Å². The fraction of sp³-hybridized carbons (Fsp3) is 0.200. The van der Waals surface area contributed by atoms with Gasteiger partial charge in [-0.2, -0.15) is 10.2 Å². The van der Waals surface area contributed by atoms with E-state index in [1.807, 2.05) is 55.5 Å². The fourth-order valence-electron chi connectivity index (χ4n) is 2.32. The lowest BCUT2D eigenvalue weighted by molar-refractivity contribution is -0.117. The first-order valence-corrected chi connectivity index (χ1v) is 8.28. The summed E-state index contributed by atoms with van der Waals surface area (Å²) in [6.07, 6.45) is 7.17. The van der Waals surface area contributed by atoms with Gasteiger partial charge in [0.15, 0.2) is 0 Å². The van der Waals surface area contributed by atoms with E-state index >= 15 is 0 Å². The first-order valence-electron chi connectivity index (χ1n) is 8.28. The molecule has 0 radical (unpaired) electrons. The second-order valence-corrected chi connectivity index (χ2v) is 5.93. The molecule has 0 aliphatic heterocycles. The molecule has 1 aromatic carbocycles. The summed E-state index contributed by atoms with van der Waals surface area (Å²) in [5.41, 5.74) is 3.76. The summed E-state index contributed by atoms with van der Waals surface area (Å²) < 4.78 is 0. The van der Waals surface area contributed by atoms with E-state index in [9.17, 15) is 4.79 Å². The molecule has 0 atom stereocenters. The minimum Gasteiger partial charge on any atom is -0.326 e. The third-order valence-corrected chi connectivity index (χ3v) is 3.87. The fourth-order valence-corrected chi connectivity index (χ4v) is 2.32. The topological polar surface area (TPSA) is 67.8 Å². The van der Waals surface area contributed by atoms with Crippen molar-refractivity contribution in [3.05, 3.63) is 72.7 Å². The summed E-state index contributed by atoms with van der Waals surface area (Å²) in [7, 11) is 0. The Labute approximate surface area is 148 Å². The van der Waals surface area contributed by atoms with Crippen LogP contribution in [0.5, 0.6) is 0 Å². The molecule has 5 heteroatoms. The molecule has 0 bridgehead atoms. The van der Waals surface area contributed by atoms with Gasteiger partial charge in [0.1, 0.15) is 0 Å². The van der Waals surface area contributed by atoms with Crippen molar-refractivity contribution in [2.45, 2.75) is 19.8 Å². The van der Waals surface area contributed by atoms with Gasteiger partial charge in [-0.05, 0) is 61.7 Å². The number of aromatic nitrogens is 3. The summed E-state index contributed by atoms with van der Waals surface area (Å²) >= 11 is 0. The minimum atomic E-state index is 0. The number of nitrogens with one attached hydrogen (secondary N) is 1. The van der Waals surface area contributed by atoms with E-state index in [-0.39, 0.29) is 13.3 Å². The molecule has 2 heterocycles. The number of hydrogen-bond donors (Lipinski definition) is 1. The van der Waals surface area contributed by atoms with Crippen molar-refractivity contribution in [2.75, 3.05) is 5.32 Å². The molecule has 0 saturated heterocycles. The Balaban J connectivity index is 0.000000297. The van der Waals surface area contributed by atoms with Crippen molar-refractivity contribution in [3.63, 3.8) is 0 Å². The number of carbonyl (C=O) groups excluding carboxylic acids is 1. The van der Waals surface area contributed by atoms with Crippen molar-refractivity contribution < 1.29 is 6.22 Å². The van der Waals surface area contributed by atoms with Crippen LogP contribution in [0.2, 0.25) is 0 Å². The van der Waals surface area contributed by atoms with Gasteiger partial charge in [0.05, 0.1) is 5.69 Å². The molecule has 2 aromatic heterocycles. The molecule has 1 N–H and O–H groups in total. The quantitative estimate of drug-likeness (QED) is 0.782. The molecular weight excluding hydrogens is 312 g/mol. The number of benzene rings is 1. The molecule has 5 nitrogen and oxygen atoms in total. The van der Waals surface area contributed by atoms with Crippen LogP contribution < -0.4 is 5.32 Å². The lowest BCUT2D eigenvalue weighted by atomic mass is 10.0. The van der Waals surface area contributed by atoms with Crippen molar-refractivity contribution in [2.24, 2.45) is 5.92 Å². The van der Waals surface area contributed by atoms with Gasteiger partial charge in [0, 0.05) is 37.2 Å². The van der Waals surface area contributed by atoms with E-state index in [1.54, 1.807) is 18.6 Å². The highest BCUT2D eigenvalue weighted by Crippen LogP contribution is 2.31. The average Bonchev–Trinajstić information content (AvgIpc) is 3.51. The van der Waals surface area contributed by atoms with Gasteiger partial charge in [0.25, 0.3) is 0 Å². The number of nitrogens with zero attached hydrogens (tertiary/aromatic N) is 3. The molecule has 1 fully saturated rings. The van der Waals surface area contributed by atoms with Gasteiger partial charge in [-0.25, -0.2) is 0 Å². The summed E-state index contributed by atoms with van der Waals surface area (Å²) in [5, 5.41) is 11.0. The maximum Gasteiger partial charge on any atom is 0.227 e. The van der Waals surface area contributed by atoms with Crippen LogP contribution in [-0.4, -0.2) is 21.1 Å². The monoisotopic (exact) mass is 334 g/mol. The van der Waals surface area contributed by atoms with Gasteiger partial charge in [-0.3, -0.25) is 9.78 Å². The van der Waals surface area contributed by atoms with E-state index in [0.29, 0.717) is 0 Å². The number of anilines is 1. The number of pyridine rings is 1. The Kier molecular flexibility index (Phi) is 5.46. The van der Waals surface area contributed by atoms with Crippen LogP contribution in [0.15, 0.2) is 67.1 Å². The van der Waals surface area contributed by atoms with Crippen LogP contribution in [-0.2, 0) is 4.79 Å². The highest BCUT2D eigenvalue weighted by Gasteiger charge is 2.29. The van der Waals surface area contributed by atoms with E-state index in [1.165, 1.54) is 0 Å². The van der Waals surface area contributed by atoms with E-state index in [4.69, 9.17) is 0 Å². The predicted octanol–water partition coefficient (Wildman–Crippen LogP) is 4.13. The molecule has 4 rings (SSSR count). The Bertz CT molecular complexity index is 797. The van der Waals surface area contributed by atoms with Gasteiger partial charge < -0.3 is 5.32 Å². The van der Waals surface area contributed by atoms with Crippen LogP contribution in [0.1, 0.15) is 19.8 Å². The summed E-state index contributed by atoms with van der Waals surface area (Å²) in [4.78, 5) is 15.6. The Morgan fingerprint density at radius 2 is 1.88 bits per heavy atom. The minimum absolute atomic E-state index is 0. The first-order chi connectivity index (χ1) is 12.2. The number of hydrogen-bond acceptors (Lipinski definition) is 4. The second-order valence-electron chi connectivity index (χ2n) is 5.93. The van der Waals surface area contributed by atoms with Crippen LogP contribution in [0, 0.1) is 12.8 Å². The highest BCUT2D eigenvalue weighted by atomic mass is 16.2. The zero-order valence-electron chi connectivity index (χ0n) is 14.1. The molecule has 1 saturated carbocycles. The van der Waals surface area contributed by atoms with Crippen molar-refractivity contribution in [1.82, 2.24) is 15.2 Å². The maximum atomic E-state index is 11.8. The summed E-state index contributed by atoms with van der Waals surface area (Å²) in [6, 6.07) is 15.4. The van der Waals surface area contributed by atoms with Crippen LogP contribution in [0.4, 0.5) is 5.69 Å². The summed E-state index contributed by atoms with van der Waals surface area (Å²) in [6.45, 7) is 2.02. The third kappa shape index (κ3) is 4.94. The highest BCUT2D eigenvalue weighted by molar-refractivity contribution is 5.94. The SMILES string of the molecule is Cc1ccc(NC(=O)C2CC2)cc1-c1cccnn1.[HH].c1ccncc1. The number of carbonyl (C=O) groups is 1. The Morgan fingerprint density at radius 3 is 2.44 bits per heavy atom. The van der Waals surface area contributed by atoms with E-state index < -0.39 is 0 Å². The van der Waals surface area contributed by atoms with Crippen molar-refractivity contribution in [1.29, 1.82) is 0 Å². The van der Waals surface area contributed by atoms with Crippen molar-refractivity contribution >= 4 is 11.6 Å².